The molecule has 1 fully saturated rings. The monoisotopic (exact) mass is 383 g/mol. The molecular weight excluding hydrogens is 375 g/mol. The summed E-state index contributed by atoms with van der Waals surface area (Å²) in [6.45, 7) is 0. The first-order valence-corrected chi connectivity index (χ1v) is 8.09. The number of aromatic nitrogens is 1. The SMILES string of the molecule is O=C1NC(=Nc2ccc(Cl)c(C(F)(F)F)c2)S/C1=C/c1cccnc1. The van der Waals surface area contributed by atoms with Crippen LogP contribution in [-0.4, -0.2) is 16.1 Å². The fraction of sp³-hybridized carbons (Fsp3) is 0.0625. The predicted octanol–water partition coefficient (Wildman–Crippen LogP) is 4.65. The van der Waals surface area contributed by atoms with Crippen molar-refractivity contribution >= 4 is 46.2 Å². The smallest absolute Gasteiger partial charge is 0.300 e. The largest absolute Gasteiger partial charge is 0.417 e. The third-order valence-corrected chi connectivity index (χ3v) is 4.36. The fourth-order valence-electron chi connectivity index (χ4n) is 2.01. The van der Waals surface area contributed by atoms with Crippen LogP contribution in [0.15, 0.2) is 52.6 Å². The topological polar surface area (TPSA) is 54.4 Å². The van der Waals surface area contributed by atoms with E-state index in [1.54, 1.807) is 30.6 Å². The van der Waals surface area contributed by atoms with E-state index in [1.807, 2.05) is 0 Å². The van der Waals surface area contributed by atoms with Gasteiger partial charge in [-0.05, 0) is 47.7 Å². The van der Waals surface area contributed by atoms with Crippen LogP contribution in [-0.2, 0) is 11.0 Å². The van der Waals surface area contributed by atoms with E-state index in [0.717, 1.165) is 29.5 Å². The van der Waals surface area contributed by atoms with Gasteiger partial charge in [0.05, 0.1) is 21.2 Å². The number of rotatable bonds is 2. The van der Waals surface area contributed by atoms with Crippen LogP contribution in [0.4, 0.5) is 18.9 Å². The van der Waals surface area contributed by atoms with E-state index in [1.165, 1.54) is 6.07 Å². The molecule has 1 aromatic heterocycles. The Balaban J connectivity index is 1.87. The second kappa shape index (κ2) is 6.89. The van der Waals surface area contributed by atoms with E-state index in [4.69, 9.17) is 11.6 Å². The molecule has 4 nitrogen and oxygen atoms in total. The van der Waals surface area contributed by atoms with E-state index < -0.39 is 16.8 Å². The number of halogens is 4. The Morgan fingerprint density at radius 1 is 1.28 bits per heavy atom. The van der Waals surface area contributed by atoms with Crippen molar-refractivity contribution in [2.75, 3.05) is 0 Å². The Bertz CT molecular complexity index is 882. The van der Waals surface area contributed by atoms with Crippen LogP contribution in [0.5, 0.6) is 0 Å². The normalized spacial score (nSPS) is 18.0. The van der Waals surface area contributed by atoms with Crippen molar-refractivity contribution in [3.8, 4) is 0 Å². The predicted molar refractivity (Wildman–Crippen MR) is 91.5 cm³/mol. The van der Waals surface area contributed by atoms with Crippen molar-refractivity contribution in [2.45, 2.75) is 6.18 Å². The van der Waals surface area contributed by atoms with E-state index in [-0.39, 0.29) is 16.8 Å². The number of aliphatic imine (C=N–C) groups is 1. The molecule has 1 aliphatic heterocycles. The number of benzene rings is 1. The highest BCUT2D eigenvalue weighted by molar-refractivity contribution is 8.18. The van der Waals surface area contributed by atoms with Gasteiger partial charge in [0.2, 0.25) is 0 Å². The lowest BCUT2D eigenvalue weighted by atomic mass is 10.2. The number of hydrogen-bond donors (Lipinski definition) is 1. The molecule has 1 aliphatic rings. The van der Waals surface area contributed by atoms with Crippen LogP contribution in [0, 0.1) is 0 Å². The van der Waals surface area contributed by atoms with Gasteiger partial charge in [0.1, 0.15) is 0 Å². The van der Waals surface area contributed by atoms with Gasteiger partial charge in [-0.3, -0.25) is 9.78 Å². The van der Waals surface area contributed by atoms with Gasteiger partial charge in [-0.15, -0.1) is 0 Å². The molecule has 0 unspecified atom stereocenters. The van der Waals surface area contributed by atoms with Crippen molar-refractivity contribution in [1.29, 1.82) is 0 Å². The van der Waals surface area contributed by atoms with E-state index in [2.05, 4.69) is 15.3 Å². The Morgan fingerprint density at radius 3 is 2.76 bits per heavy atom. The third kappa shape index (κ3) is 4.21. The average molecular weight is 384 g/mol. The lowest BCUT2D eigenvalue weighted by Crippen LogP contribution is -2.19. The van der Waals surface area contributed by atoms with Crippen LogP contribution < -0.4 is 5.32 Å². The van der Waals surface area contributed by atoms with Crippen molar-refractivity contribution in [2.24, 2.45) is 4.99 Å². The summed E-state index contributed by atoms with van der Waals surface area (Å²) in [4.78, 5) is 20.3. The molecule has 1 saturated heterocycles. The molecule has 3 rings (SSSR count). The molecule has 0 aliphatic carbocycles. The highest BCUT2D eigenvalue weighted by atomic mass is 35.5. The fourth-order valence-corrected chi connectivity index (χ4v) is 3.08. The summed E-state index contributed by atoms with van der Waals surface area (Å²) in [5.74, 6) is -0.377. The lowest BCUT2D eigenvalue weighted by molar-refractivity contribution is -0.137. The standard InChI is InChI=1S/C16H9ClF3N3OS/c17-12-4-3-10(7-11(12)16(18,19)20)22-15-23-14(24)13(25-15)6-9-2-1-5-21-8-9/h1-8H,(H,22,23,24)/b13-6+. The molecule has 1 aromatic carbocycles. The van der Waals surface area contributed by atoms with Gasteiger partial charge in [0.25, 0.3) is 5.91 Å². The molecule has 25 heavy (non-hydrogen) atoms. The maximum atomic E-state index is 12.9. The Labute approximate surface area is 149 Å². The first-order chi connectivity index (χ1) is 11.8. The minimum atomic E-state index is -4.58. The van der Waals surface area contributed by atoms with Crippen molar-refractivity contribution in [1.82, 2.24) is 10.3 Å². The number of nitrogens with one attached hydrogen (secondary N) is 1. The van der Waals surface area contributed by atoms with Crippen molar-refractivity contribution < 1.29 is 18.0 Å². The number of carbonyl (C=O) groups excluding carboxylic acids is 1. The molecule has 0 bridgehead atoms. The Kier molecular flexibility index (Phi) is 4.82. The van der Waals surface area contributed by atoms with Gasteiger partial charge in [-0.1, -0.05) is 17.7 Å². The number of amides is 1. The zero-order chi connectivity index (χ0) is 18.0. The van der Waals surface area contributed by atoms with Gasteiger partial charge in [-0.2, -0.15) is 13.2 Å². The first kappa shape index (κ1) is 17.5. The minimum Gasteiger partial charge on any atom is -0.300 e. The van der Waals surface area contributed by atoms with E-state index in [9.17, 15) is 18.0 Å². The summed E-state index contributed by atoms with van der Waals surface area (Å²) < 4.78 is 38.7. The van der Waals surface area contributed by atoms with Crippen LogP contribution >= 0.6 is 23.4 Å². The zero-order valence-corrected chi connectivity index (χ0v) is 13.9. The van der Waals surface area contributed by atoms with Gasteiger partial charge in [-0.25, -0.2) is 4.99 Å². The molecular formula is C16H9ClF3N3OS. The van der Waals surface area contributed by atoms with Gasteiger partial charge < -0.3 is 5.32 Å². The first-order valence-electron chi connectivity index (χ1n) is 6.89. The number of pyridine rings is 1. The van der Waals surface area contributed by atoms with Gasteiger partial charge in [0, 0.05) is 12.4 Å². The van der Waals surface area contributed by atoms with Crippen molar-refractivity contribution in [3.63, 3.8) is 0 Å². The van der Waals surface area contributed by atoms with Gasteiger partial charge >= 0.3 is 6.18 Å². The second-order valence-corrected chi connectivity index (χ2v) is 6.37. The zero-order valence-electron chi connectivity index (χ0n) is 12.3. The van der Waals surface area contributed by atoms with Crippen molar-refractivity contribution in [3.05, 3.63) is 63.8 Å². The van der Waals surface area contributed by atoms with Crippen LogP contribution in [0.3, 0.4) is 0 Å². The molecule has 2 aromatic rings. The molecule has 0 atom stereocenters. The van der Waals surface area contributed by atoms with E-state index >= 15 is 0 Å². The minimum absolute atomic E-state index is 0.0437. The maximum Gasteiger partial charge on any atom is 0.417 e. The number of alkyl halides is 3. The molecule has 128 valence electrons. The summed E-state index contributed by atoms with van der Waals surface area (Å²) in [5, 5.41) is 2.30. The maximum absolute atomic E-state index is 12.9. The van der Waals surface area contributed by atoms with Crippen LogP contribution in [0.2, 0.25) is 5.02 Å². The number of hydrogen-bond acceptors (Lipinski definition) is 4. The Morgan fingerprint density at radius 2 is 2.08 bits per heavy atom. The molecule has 1 N–H and O–H groups in total. The van der Waals surface area contributed by atoms with Crippen LogP contribution in [0.1, 0.15) is 11.1 Å². The summed E-state index contributed by atoms with van der Waals surface area (Å²) in [6, 6.07) is 6.81. The summed E-state index contributed by atoms with van der Waals surface area (Å²) in [5.41, 5.74) is -0.203. The summed E-state index contributed by atoms with van der Waals surface area (Å²) in [7, 11) is 0. The highest BCUT2D eigenvalue weighted by Gasteiger charge is 2.33. The third-order valence-electron chi connectivity index (χ3n) is 3.12. The average Bonchev–Trinajstić information content (AvgIpc) is 2.88. The number of thioether (sulfide) groups is 1. The molecule has 1 amide bonds. The summed E-state index contributed by atoms with van der Waals surface area (Å²) in [6.07, 6.45) is 0.240. The molecule has 2 heterocycles. The van der Waals surface area contributed by atoms with Gasteiger partial charge in [0.15, 0.2) is 5.17 Å². The van der Waals surface area contributed by atoms with Crippen LogP contribution in [0.25, 0.3) is 6.08 Å². The Hall–Kier alpha value is -2.32. The van der Waals surface area contributed by atoms with E-state index in [0.29, 0.717) is 4.91 Å². The molecule has 0 spiro atoms. The second-order valence-electron chi connectivity index (χ2n) is 4.93. The lowest BCUT2D eigenvalue weighted by Gasteiger charge is -2.09. The number of nitrogens with zero attached hydrogens (tertiary/aromatic N) is 2. The molecule has 9 heteroatoms. The number of amidine groups is 1. The molecule has 0 radical (unpaired) electrons. The summed E-state index contributed by atoms with van der Waals surface area (Å²) >= 11 is 6.61. The molecule has 0 saturated carbocycles. The number of carbonyl (C=O) groups is 1. The highest BCUT2D eigenvalue weighted by Crippen LogP contribution is 2.37. The quantitative estimate of drug-likeness (QED) is 0.768.